The minimum atomic E-state index is -1.06. The highest BCUT2D eigenvalue weighted by atomic mass is 79.9. The number of nitrogens with one attached hydrogen (secondary N) is 2. The van der Waals surface area contributed by atoms with E-state index in [1.165, 1.54) is 42.3 Å². The first kappa shape index (κ1) is 33.5. The number of hydrogen-bond acceptors (Lipinski definition) is 7. The van der Waals surface area contributed by atoms with Crippen molar-refractivity contribution < 1.29 is 33.9 Å². The van der Waals surface area contributed by atoms with Crippen LogP contribution in [0.1, 0.15) is 28.4 Å². The fraction of sp³-hybridized carbons (Fsp3) is 0.182. The van der Waals surface area contributed by atoms with Crippen molar-refractivity contribution in [3.8, 4) is 11.5 Å². The van der Waals surface area contributed by atoms with Gasteiger partial charge in [-0.2, -0.15) is 0 Å². The van der Waals surface area contributed by atoms with E-state index < -0.39 is 23.0 Å². The molecule has 0 saturated heterocycles. The van der Waals surface area contributed by atoms with Gasteiger partial charge in [-0.1, -0.05) is 36.4 Å². The van der Waals surface area contributed by atoms with E-state index in [0.717, 1.165) is 0 Å². The molecule has 1 unspecified atom stereocenters. The number of carboxylic acids is 1. The number of benzene rings is 4. The number of methoxy groups -OCH3 is 1. The molecule has 0 fully saturated rings. The van der Waals surface area contributed by atoms with E-state index >= 15 is 0 Å². The van der Waals surface area contributed by atoms with Crippen LogP contribution in [0.5, 0.6) is 11.5 Å². The normalized spacial score (nSPS) is 11.2. The summed E-state index contributed by atoms with van der Waals surface area (Å²) in [4.78, 5) is 50.3. The summed E-state index contributed by atoms with van der Waals surface area (Å²) in [7, 11) is 1.45. The van der Waals surface area contributed by atoms with Crippen molar-refractivity contribution in [3.05, 3.63) is 122 Å². The van der Waals surface area contributed by atoms with Crippen LogP contribution in [0.4, 0.5) is 21.9 Å². The van der Waals surface area contributed by atoms with Gasteiger partial charge in [0.15, 0.2) is 0 Å². The van der Waals surface area contributed by atoms with Crippen LogP contribution in [0, 0.1) is 10.1 Å². The van der Waals surface area contributed by atoms with Gasteiger partial charge in [0, 0.05) is 16.1 Å². The second-order valence-corrected chi connectivity index (χ2v) is 11.0. The number of para-hydroxylation sites is 2. The van der Waals surface area contributed by atoms with Crippen molar-refractivity contribution in [3.63, 3.8) is 0 Å². The van der Waals surface area contributed by atoms with Gasteiger partial charge in [-0.3, -0.25) is 14.9 Å². The molecular formula is C33H31BrN4O8. The van der Waals surface area contributed by atoms with Gasteiger partial charge in [-0.25, -0.2) is 9.59 Å². The second kappa shape index (κ2) is 15.5. The molecule has 0 radical (unpaired) electrons. The lowest BCUT2D eigenvalue weighted by Gasteiger charge is -2.29. The Morgan fingerprint density at radius 3 is 2.30 bits per heavy atom. The molecule has 4 aromatic rings. The maximum Gasteiger partial charge on any atom is 0.335 e. The number of carboxylic acid groups (broad SMARTS) is 1. The fourth-order valence-corrected chi connectivity index (χ4v) is 4.94. The highest BCUT2D eigenvalue weighted by molar-refractivity contribution is 9.10. The van der Waals surface area contributed by atoms with E-state index in [-0.39, 0.29) is 36.7 Å². The highest BCUT2D eigenvalue weighted by Gasteiger charge is 2.25. The Labute approximate surface area is 273 Å². The quantitative estimate of drug-likeness (QED) is 0.103. The molecule has 0 aromatic heterocycles. The Morgan fingerprint density at radius 1 is 0.957 bits per heavy atom. The predicted molar refractivity (Wildman–Crippen MR) is 175 cm³/mol. The Hall–Kier alpha value is -5.43. The number of carbonyl (C=O) groups is 3. The summed E-state index contributed by atoms with van der Waals surface area (Å²) < 4.78 is 12.1. The second-order valence-electron chi connectivity index (χ2n) is 10.2. The third kappa shape index (κ3) is 8.82. The smallest absolute Gasteiger partial charge is 0.335 e. The summed E-state index contributed by atoms with van der Waals surface area (Å²) in [6, 6.07) is 23.1. The van der Waals surface area contributed by atoms with Crippen molar-refractivity contribution in [1.29, 1.82) is 0 Å². The van der Waals surface area contributed by atoms with Gasteiger partial charge in [-0.05, 0) is 76.9 Å². The number of nitro benzene ring substituents is 1. The molecule has 1 atom stereocenters. The number of amides is 3. The molecule has 0 heterocycles. The fourth-order valence-electron chi connectivity index (χ4n) is 4.56. The Morgan fingerprint density at radius 2 is 1.63 bits per heavy atom. The van der Waals surface area contributed by atoms with E-state index in [4.69, 9.17) is 14.6 Å². The SMILES string of the molecule is COc1cc(CC(=O)N(Cc2ccccc2[N+](=O)[O-])C(C)COc2ccc(C(=O)O)cc2)ccc1NC(=O)Nc1ccccc1Br. The minimum absolute atomic E-state index is 0.0393. The number of nitro groups is 1. The van der Waals surface area contributed by atoms with Crippen molar-refractivity contribution >= 4 is 50.9 Å². The maximum atomic E-state index is 13.8. The molecule has 3 amide bonds. The number of hydrogen-bond donors (Lipinski definition) is 3. The lowest BCUT2D eigenvalue weighted by atomic mass is 10.1. The number of aromatic carboxylic acids is 1. The van der Waals surface area contributed by atoms with Crippen LogP contribution in [-0.4, -0.2) is 52.6 Å². The number of carbonyl (C=O) groups excluding carboxylic acids is 2. The zero-order chi connectivity index (χ0) is 33.2. The third-order valence-electron chi connectivity index (χ3n) is 6.97. The summed E-state index contributed by atoms with van der Waals surface area (Å²) >= 11 is 3.39. The number of halogens is 1. The molecule has 0 spiro atoms. The summed E-state index contributed by atoms with van der Waals surface area (Å²) in [6.45, 7) is 1.75. The third-order valence-corrected chi connectivity index (χ3v) is 7.66. The molecule has 13 heteroatoms. The van der Waals surface area contributed by atoms with Crippen LogP contribution in [0.3, 0.4) is 0 Å². The van der Waals surface area contributed by atoms with E-state index in [1.54, 1.807) is 61.5 Å². The van der Waals surface area contributed by atoms with Crippen molar-refractivity contribution in [2.75, 3.05) is 24.4 Å². The standard InChI is InChI=1S/C33H31BrN4O8/c1-21(20-46-25-14-12-23(13-15-25)32(40)41)37(19-24-7-3-6-10-29(24)38(43)44)31(39)18-22-11-16-28(30(17-22)45-2)36-33(42)35-27-9-5-4-8-26(27)34/h3-17,21H,18-20H2,1-2H3,(H,40,41)(H2,35,36,42). The van der Waals surface area contributed by atoms with Gasteiger partial charge in [0.25, 0.3) is 5.69 Å². The van der Waals surface area contributed by atoms with Crippen molar-refractivity contribution in [2.45, 2.75) is 25.9 Å². The number of urea groups is 1. The van der Waals surface area contributed by atoms with Crippen molar-refractivity contribution in [1.82, 2.24) is 4.90 Å². The average Bonchev–Trinajstić information content (AvgIpc) is 3.04. The summed E-state index contributed by atoms with van der Waals surface area (Å²) in [6.07, 6.45) is -0.0714. The van der Waals surface area contributed by atoms with Gasteiger partial charge >= 0.3 is 12.0 Å². The molecular weight excluding hydrogens is 660 g/mol. The molecule has 12 nitrogen and oxygen atoms in total. The minimum Gasteiger partial charge on any atom is -0.495 e. The molecule has 3 N–H and O–H groups in total. The summed E-state index contributed by atoms with van der Waals surface area (Å²) in [5.74, 6) is -0.652. The van der Waals surface area contributed by atoms with Crippen LogP contribution < -0.4 is 20.1 Å². The Kier molecular flexibility index (Phi) is 11.3. The van der Waals surface area contributed by atoms with Crippen LogP contribution in [0.2, 0.25) is 0 Å². The van der Waals surface area contributed by atoms with Gasteiger partial charge in [0.2, 0.25) is 5.91 Å². The van der Waals surface area contributed by atoms with Crippen LogP contribution >= 0.6 is 15.9 Å². The zero-order valence-corrected chi connectivity index (χ0v) is 26.5. The van der Waals surface area contributed by atoms with Gasteiger partial charge < -0.3 is 30.1 Å². The highest BCUT2D eigenvalue weighted by Crippen LogP contribution is 2.28. The van der Waals surface area contributed by atoms with E-state index in [1.807, 2.05) is 6.07 Å². The van der Waals surface area contributed by atoms with Gasteiger partial charge in [0.05, 0.1) is 48.0 Å². The number of nitrogens with zero attached hydrogens (tertiary/aromatic N) is 2. The number of rotatable bonds is 13. The first-order valence-electron chi connectivity index (χ1n) is 14.0. The van der Waals surface area contributed by atoms with Crippen LogP contribution in [0.25, 0.3) is 0 Å². The predicted octanol–water partition coefficient (Wildman–Crippen LogP) is 6.75. The molecule has 46 heavy (non-hydrogen) atoms. The lowest BCUT2D eigenvalue weighted by molar-refractivity contribution is -0.385. The van der Waals surface area contributed by atoms with Crippen molar-refractivity contribution in [2.24, 2.45) is 0 Å². The molecule has 0 aliphatic heterocycles. The summed E-state index contributed by atoms with van der Waals surface area (Å²) in [5.41, 5.74) is 1.90. The maximum absolute atomic E-state index is 13.8. The zero-order valence-electron chi connectivity index (χ0n) is 24.9. The molecule has 238 valence electrons. The molecule has 0 aliphatic rings. The lowest BCUT2D eigenvalue weighted by Crippen LogP contribution is -2.42. The largest absolute Gasteiger partial charge is 0.495 e. The monoisotopic (exact) mass is 690 g/mol. The van der Waals surface area contributed by atoms with E-state index in [2.05, 4.69) is 26.6 Å². The first-order chi connectivity index (χ1) is 22.0. The topological polar surface area (TPSA) is 160 Å². The number of anilines is 2. The van der Waals surface area contributed by atoms with Gasteiger partial charge in [-0.15, -0.1) is 0 Å². The van der Waals surface area contributed by atoms with Gasteiger partial charge in [0.1, 0.15) is 18.1 Å². The molecule has 4 aromatic carbocycles. The number of ether oxygens (including phenoxy) is 2. The van der Waals surface area contributed by atoms with Crippen LogP contribution in [-0.2, 0) is 17.8 Å². The van der Waals surface area contributed by atoms with E-state index in [0.29, 0.717) is 38.5 Å². The first-order valence-corrected chi connectivity index (χ1v) is 14.8. The molecule has 4 rings (SSSR count). The van der Waals surface area contributed by atoms with Crippen LogP contribution in [0.15, 0.2) is 95.5 Å². The molecule has 0 saturated carbocycles. The average molecular weight is 692 g/mol. The Bertz CT molecular complexity index is 1730. The summed E-state index contributed by atoms with van der Waals surface area (Å²) in [5, 5.41) is 26.3. The molecule has 0 aliphatic carbocycles. The van der Waals surface area contributed by atoms with E-state index in [9.17, 15) is 24.5 Å². The molecule has 0 bridgehead atoms. The Balaban J connectivity index is 1.51.